The van der Waals surface area contributed by atoms with Crippen molar-refractivity contribution in [3.8, 4) is 0 Å². The van der Waals surface area contributed by atoms with Crippen LogP contribution in [0.15, 0.2) is 17.0 Å². The van der Waals surface area contributed by atoms with Crippen molar-refractivity contribution in [1.82, 2.24) is 5.32 Å². The average Bonchev–Trinajstić information content (AvgIpc) is 2.39. The van der Waals surface area contributed by atoms with Gasteiger partial charge in [-0.3, -0.25) is 4.79 Å². The molecule has 0 bridgehead atoms. The molecule has 0 aliphatic heterocycles. The Hall–Kier alpha value is -1.93. The number of carbonyl (C=O) groups is 2. The molecule has 1 unspecified atom stereocenters. The number of aryl methyl sites for hydroxylation is 1. The topological polar surface area (TPSA) is 127 Å². The molecule has 1 amide bonds. The minimum Gasteiger partial charge on any atom is -0.480 e. The Morgan fingerprint density at radius 3 is 2.27 bits per heavy atom. The molecule has 8 heteroatoms. The van der Waals surface area contributed by atoms with Crippen LogP contribution >= 0.6 is 0 Å². The Morgan fingerprint density at radius 2 is 1.86 bits per heavy atom. The first-order valence-corrected chi connectivity index (χ1v) is 8.17. The zero-order chi connectivity index (χ0) is 17.3. The van der Waals surface area contributed by atoms with Crippen LogP contribution in [0.2, 0.25) is 0 Å². The highest BCUT2D eigenvalue weighted by Gasteiger charge is 2.33. The normalized spacial score (nSPS) is 14.2. The first-order valence-electron chi connectivity index (χ1n) is 6.62. The predicted octanol–water partition coefficient (Wildman–Crippen LogP) is 0.934. The monoisotopic (exact) mass is 328 g/mol. The summed E-state index contributed by atoms with van der Waals surface area (Å²) in [6.07, 6.45) is 0.182. The van der Waals surface area contributed by atoms with E-state index < -0.39 is 27.4 Å². The summed E-state index contributed by atoms with van der Waals surface area (Å²) < 4.78 is 23.2. The summed E-state index contributed by atoms with van der Waals surface area (Å²) in [5.74, 6) is -1.83. The molecule has 0 fully saturated rings. The van der Waals surface area contributed by atoms with Gasteiger partial charge in [0.05, 0.1) is 4.90 Å². The van der Waals surface area contributed by atoms with Crippen LogP contribution in [0.5, 0.6) is 0 Å². The molecular formula is C14H20N2O5S. The van der Waals surface area contributed by atoms with Crippen LogP contribution in [0.25, 0.3) is 0 Å². The smallest absolute Gasteiger partial charge is 0.329 e. The van der Waals surface area contributed by atoms with Gasteiger partial charge >= 0.3 is 5.97 Å². The van der Waals surface area contributed by atoms with Crippen LogP contribution in [-0.2, 0) is 14.8 Å². The van der Waals surface area contributed by atoms with Gasteiger partial charge in [0.1, 0.15) is 5.54 Å². The SMILES string of the molecule is CCC(C)(NC(=O)c1cc(C)c(C)c(S(N)(=O)=O)c1)C(=O)O. The highest BCUT2D eigenvalue weighted by atomic mass is 32.2. The third-order valence-electron chi connectivity index (χ3n) is 3.76. The second-order valence-electron chi connectivity index (χ2n) is 5.41. The van der Waals surface area contributed by atoms with Gasteiger partial charge in [0.15, 0.2) is 0 Å². The van der Waals surface area contributed by atoms with Gasteiger partial charge in [-0.05, 0) is 50.5 Å². The number of hydrogen-bond acceptors (Lipinski definition) is 4. The number of carbonyl (C=O) groups excluding carboxylic acids is 1. The van der Waals surface area contributed by atoms with Crippen LogP contribution in [-0.4, -0.2) is 30.9 Å². The first kappa shape index (κ1) is 18.1. The molecule has 7 nitrogen and oxygen atoms in total. The van der Waals surface area contributed by atoms with E-state index in [9.17, 15) is 23.1 Å². The minimum absolute atomic E-state index is 0.0491. The zero-order valence-corrected chi connectivity index (χ0v) is 13.7. The number of carboxylic acids is 1. The van der Waals surface area contributed by atoms with E-state index >= 15 is 0 Å². The van der Waals surface area contributed by atoms with Crippen molar-refractivity contribution in [2.45, 2.75) is 44.6 Å². The summed E-state index contributed by atoms with van der Waals surface area (Å²) in [6.45, 7) is 6.25. The number of amides is 1. The predicted molar refractivity (Wildman–Crippen MR) is 81.1 cm³/mol. The fourth-order valence-corrected chi connectivity index (χ4v) is 2.75. The number of sulfonamides is 1. The Bertz CT molecular complexity index is 727. The molecule has 0 spiro atoms. The molecule has 1 aromatic carbocycles. The number of hydrogen-bond donors (Lipinski definition) is 3. The Kier molecular flexibility index (Phi) is 4.99. The molecule has 0 aliphatic rings. The van der Waals surface area contributed by atoms with E-state index in [2.05, 4.69) is 5.32 Å². The number of carboxylic acid groups (broad SMARTS) is 1. The lowest BCUT2D eigenvalue weighted by molar-refractivity contribution is -0.143. The first-order chi connectivity index (χ1) is 9.92. The van der Waals surface area contributed by atoms with Crippen LogP contribution in [0, 0.1) is 13.8 Å². The number of rotatable bonds is 5. The summed E-state index contributed by atoms with van der Waals surface area (Å²) in [4.78, 5) is 23.3. The number of benzene rings is 1. The van der Waals surface area contributed by atoms with E-state index in [1.807, 2.05) is 0 Å². The van der Waals surface area contributed by atoms with Gasteiger partial charge < -0.3 is 10.4 Å². The van der Waals surface area contributed by atoms with Crippen molar-refractivity contribution in [3.63, 3.8) is 0 Å². The molecule has 1 rings (SSSR count). The number of aliphatic carboxylic acids is 1. The third-order valence-corrected chi connectivity index (χ3v) is 4.79. The summed E-state index contributed by atoms with van der Waals surface area (Å²) in [7, 11) is -3.97. The van der Waals surface area contributed by atoms with E-state index in [1.54, 1.807) is 20.8 Å². The maximum atomic E-state index is 12.3. The Balaban J connectivity index is 3.32. The van der Waals surface area contributed by atoms with Crippen molar-refractivity contribution in [1.29, 1.82) is 0 Å². The van der Waals surface area contributed by atoms with Gasteiger partial charge in [0.25, 0.3) is 5.91 Å². The molecule has 1 aromatic rings. The molecule has 4 N–H and O–H groups in total. The molecular weight excluding hydrogens is 308 g/mol. The molecule has 0 heterocycles. The van der Waals surface area contributed by atoms with Crippen LogP contribution in [0.4, 0.5) is 0 Å². The highest BCUT2D eigenvalue weighted by molar-refractivity contribution is 7.89. The molecule has 0 radical (unpaired) electrons. The summed E-state index contributed by atoms with van der Waals surface area (Å²) >= 11 is 0. The van der Waals surface area contributed by atoms with Crippen molar-refractivity contribution in [3.05, 3.63) is 28.8 Å². The Labute approximate surface area is 129 Å². The van der Waals surface area contributed by atoms with Gasteiger partial charge in [0.2, 0.25) is 10.0 Å². The van der Waals surface area contributed by atoms with Crippen molar-refractivity contribution >= 4 is 21.9 Å². The zero-order valence-electron chi connectivity index (χ0n) is 12.9. The fraction of sp³-hybridized carbons (Fsp3) is 0.429. The van der Waals surface area contributed by atoms with Gasteiger partial charge in [-0.2, -0.15) is 0 Å². The maximum absolute atomic E-state index is 12.3. The number of primary sulfonamides is 1. The quantitative estimate of drug-likeness (QED) is 0.741. The average molecular weight is 328 g/mol. The summed E-state index contributed by atoms with van der Waals surface area (Å²) in [6, 6.07) is 2.65. The van der Waals surface area contributed by atoms with Gasteiger partial charge in [-0.1, -0.05) is 6.92 Å². The molecule has 0 aliphatic carbocycles. The van der Waals surface area contributed by atoms with E-state index in [0.29, 0.717) is 11.1 Å². The summed E-state index contributed by atoms with van der Waals surface area (Å²) in [5.41, 5.74) is -0.355. The molecule has 0 aromatic heterocycles. The van der Waals surface area contributed by atoms with E-state index in [-0.39, 0.29) is 16.9 Å². The minimum atomic E-state index is -3.97. The third kappa shape index (κ3) is 3.63. The summed E-state index contributed by atoms with van der Waals surface area (Å²) in [5, 5.41) is 16.7. The lowest BCUT2D eigenvalue weighted by atomic mass is 9.98. The second kappa shape index (κ2) is 6.05. The van der Waals surface area contributed by atoms with Gasteiger partial charge in [-0.25, -0.2) is 18.4 Å². The van der Waals surface area contributed by atoms with Crippen LogP contribution in [0.3, 0.4) is 0 Å². The molecule has 122 valence electrons. The van der Waals surface area contributed by atoms with Crippen molar-refractivity contribution in [2.75, 3.05) is 0 Å². The maximum Gasteiger partial charge on any atom is 0.329 e. The fourth-order valence-electron chi connectivity index (χ4n) is 1.87. The largest absolute Gasteiger partial charge is 0.480 e. The number of nitrogens with one attached hydrogen (secondary N) is 1. The molecule has 22 heavy (non-hydrogen) atoms. The van der Waals surface area contributed by atoms with Crippen molar-refractivity contribution in [2.24, 2.45) is 5.14 Å². The second-order valence-corrected chi connectivity index (χ2v) is 6.94. The number of nitrogens with two attached hydrogens (primary N) is 1. The van der Waals surface area contributed by atoms with Crippen LogP contribution < -0.4 is 10.5 Å². The molecule has 1 atom stereocenters. The Morgan fingerprint density at radius 1 is 1.32 bits per heavy atom. The van der Waals surface area contributed by atoms with Gasteiger partial charge in [-0.15, -0.1) is 0 Å². The van der Waals surface area contributed by atoms with Crippen molar-refractivity contribution < 1.29 is 23.1 Å². The van der Waals surface area contributed by atoms with Gasteiger partial charge in [0, 0.05) is 5.56 Å². The standard InChI is InChI=1S/C14H20N2O5S/c1-5-14(4,13(18)19)16-12(17)10-6-8(2)9(3)11(7-10)22(15,20)21/h6-7H,5H2,1-4H3,(H,16,17)(H,18,19)(H2,15,20,21). The van der Waals surface area contributed by atoms with E-state index in [0.717, 1.165) is 6.07 Å². The lowest BCUT2D eigenvalue weighted by Crippen LogP contribution is -2.51. The van der Waals surface area contributed by atoms with Crippen LogP contribution in [0.1, 0.15) is 41.8 Å². The lowest BCUT2D eigenvalue weighted by Gasteiger charge is -2.25. The molecule has 0 saturated carbocycles. The van der Waals surface area contributed by atoms with E-state index in [1.165, 1.54) is 13.0 Å². The van der Waals surface area contributed by atoms with E-state index in [4.69, 9.17) is 5.14 Å². The highest BCUT2D eigenvalue weighted by Crippen LogP contribution is 2.21. The molecule has 0 saturated heterocycles.